The summed E-state index contributed by atoms with van der Waals surface area (Å²) in [5.41, 5.74) is 0.00533. The van der Waals surface area contributed by atoms with Gasteiger partial charge < -0.3 is 15.2 Å². The van der Waals surface area contributed by atoms with Crippen molar-refractivity contribution in [2.24, 2.45) is 0 Å². The van der Waals surface area contributed by atoms with Crippen LogP contribution in [0, 0.1) is 0 Å². The van der Waals surface area contributed by atoms with Crippen molar-refractivity contribution < 1.29 is 9.84 Å². The van der Waals surface area contributed by atoms with E-state index >= 15 is 0 Å². The third-order valence-electron chi connectivity index (χ3n) is 2.24. The zero-order valence-electron chi connectivity index (χ0n) is 7.97. The van der Waals surface area contributed by atoms with E-state index in [9.17, 15) is 0 Å². The molecule has 1 unspecified atom stereocenters. The van der Waals surface area contributed by atoms with Gasteiger partial charge in [0.25, 0.3) is 0 Å². The summed E-state index contributed by atoms with van der Waals surface area (Å²) in [4.78, 5) is 0. The first-order chi connectivity index (χ1) is 5.64. The van der Waals surface area contributed by atoms with Crippen molar-refractivity contribution in [3.8, 4) is 0 Å². The summed E-state index contributed by atoms with van der Waals surface area (Å²) in [7, 11) is 0. The fraction of sp³-hybridized carbons (Fsp3) is 1.00. The standard InChI is InChI=1S/C9H19NO2/c1-9(2)7-8(3-6-12-9)10-4-5-11/h8,10-11H,3-7H2,1-2H3. The van der Waals surface area contributed by atoms with E-state index in [1.54, 1.807) is 0 Å². The minimum absolute atomic E-state index is 0.00533. The van der Waals surface area contributed by atoms with E-state index in [-0.39, 0.29) is 12.2 Å². The Morgan fingerprint density at radius 1 is 1.58 bits per heavy atom. The highest BCUT2D eigenvalue weighted by molar-refractivity contribution is 4.82. The Kier molecular flexibility index (Phi) is 3.50. The molecule has 0 saturated carbocycles. The van der Waals surface area contributed by atoms with E-state index in [1.165, 1.54) is 0 Å². The van der Waals surface area contributed by atoms with E-state index < -0.39 is 0 Å². The molecule has 0 aromatic carbocycles. The third-order valence-corrected chi connectivity index (χ3v) is 2.24. The molecule has 0 spiro atoms. The van der Waals surface area contributed by atoms with Crippen LogP contribution in [0.2, 0.25) is 0 Å². The Morgan fingerprint density at radius 2 is 2.33 bits per heavy atom. The molecule has 0 radical (unpaired) electrons. The van der Waals surface area contributed by atoms with Gasteiger partial charge in [-0.3, -0.25) is 0 Å². The molecule has 12 heavy (non-hydrogen) atoms. The van der Waals surface area contributed by atoms with Crippen LogP contribution >= 0.6 is 0 Å². The normalized spacial score (nSPS) is 28.8. The molecule has 3 nitrogen and oxygen atoms in total. The highest BCUT2D eigenvalue weighted by Crippen LogP contribution is 2.23. The van der Waals surface area contributed by atoms with Crippen LogP contribution in [0.1, 0.15) is 26.7 Å². The maximum atomic E-state index is 8.63. The molecule has 0 bridgehead atoms. The second-order valence-electron chi connectivity index (χ2n) is 3.98. The van der Waals surface area contributed by atoms with Crippen LogP contribution in [0.25, 0.3) is 0 Å². The molecule has 1 heterocycles. The van der Waals surface area contributed by atoms with Crippen molar-refractivity contribution in [2.45, 2.75) is 38.3 Å². The summed E-state index contributed by atoms with van der Waals surface area (Å²) in [5.74, 6) is 0. The van der Waals surface area contributed by atoms with Crippen LogP contribution in [-0.4, -0.2) is 36.5 Å². The molecule has 1 fully saturated rings. The average Bonchev–Trinajstić information content (AvgIpc) is 1.99. The lowest BCUT2D eigenvalue weighted by Crippen LogP contribution is -2.44. The summed E-state index contributed by atoms with van der Waals surface area (Å²) in [6.45, 7) is 5.97. The zero-order valence-corrected chi connectivity index (χ0v) is 7.97. The largest absolute Gasteiger partial charge is 0.395 e. The van der Waals surface area contributed by atoms with Crippen LogP contribution < -0.4 is 5.32 Å². The summed E-state index contributed by atoms with van der Waals surface area (Å²) >= 11 is 0. The average molecular weight is 173 g/mol. The molecular formula is C9H19NO2. The van der Waals surface area contributed by atoms with Crippen LogP contribution in [0.3, 0.4) is 0 Å². The molecule has 0 aromatic heterocycles. The van der Waals surface area contributed by atoms with Crippen molar-refractivity contribution in [3.63, 3.8) is 0 Å². The number of aliphatic hydroxyl groups is 1. The molecule has 1 atom stereocenters. The third kappa shape index (κ3) is 3.09. The molecule has 3 heteroatoms. The summed E-state index contributed by atoms with van der Waals surface area (Å²) < 4.78 is 5.57. The van der Waals surface area contributed by atoms with Gasteiger partial charge in [-0.25, -0.2) is 0 Å². The van der Waals surface area contributed by atoms with Crippen molar-refractivity contribution in [1.29, 1.82) is 0 Å². The summed E-state index contributed by atoms with van der Waals surface area (Å²) in [6.07, 6.45) is 2.09. The van der Waals surface area contributed by atoms with Gasteiger partial charge in [0.1, 0.15) is 0 Å². The lowest BCUT2D eigenvalue weighted by atomic mass is 9.94. The van der Waals surface area contributed by atoms with Crippen LogP contribution in [-0.2, 0) is 4.74 Å². The number of rotatable bonds is 3. The van der Waals surface area contributed by atoms with Gasteiger partial charge in [0.15, 0.2) is 0 Å². The van der Waals surface area contributed by atoms with Crippen molar-refractivity contribution in [2.75, 3.05) is 19.8 Å². The number of nitrogens with one attached hydrogen (secondary N) is 1. The van der Waals surface area contributed by atoms with E-state index in [0.29, 0.717) is 12.6 Å². The van der Waals surface area contributed by atoms with Crippen molar-refractivity contribution >= 4 is 0 Å². The molecule has 0 amide bonds. The monoisotopic (exact) mass is 173 g/mol. The molecule has 72 valence electrons. The Labute approximate surface area is 74.1 Å². The fourth-order valence-corrected chi connectivity index (χ4v) is 1.67. The van der Waals surface area contributed by atoms with Gasteiger partial charge >= 0.3 is 0 Å². The lowest BCUT2D eigenvalue weighted by molar-refractivity contribution is -0.0631. The predicted molar refractivity (Wildman–Crippen MR) is 48.1 cm³/mol. The zero-order chi connectivity index (χ0) is 9.03. The fourth-order valence-electron chi connectivity index (χ4n) is 1.67. The number of hydrogen-bond acceptors (Lipinski definition) is 3. The SMILES string of the molecule is CC1(C)CC(NCCO)CCO1. The number of ether oxygens (including phenoxy) is 1. The Bertz CT molecular complexity index is 136. The second kappa shape index (κ2) is 4.21. The lowest BCUT2D eigenvalue weighted by Gasteiger charge is -2.35. The number of hydrogen-bond donors (Lipinski definition) is 2. The molecule has 1 aliphatic rings. The van der Waals surface area contributed by atoms with Gasteiger partial charge in [-0.15, -0.1) is 0 Å². The van der Waals surface area contributed by atoms with Crippen LogP contribution in [0.4, 0.5) is 0 Å². The molecule has 1 rings (SSSR count). The van der Waals surface area contributed by atoms with Gasteiger partial charge in [-0.2, -0.15) is 0 Å². The van der Waals surface area contributed by atoms with Crippen LogP contribution in [0.15, 0.2) is 0 Å². The van der Waals surface area contributed by atoms with Crippen molar-refractivity contribution in [3.05, 3.63) is 0 Å². The van der Waals surface area contributed by atoms with Crippen LogP contribution in [0.5, 0.6) is 0 Å². The topological polar surface area (TPSA) is 41.5 Å². The smallest absolute Gasteiger partial charge is 0.0641 e. The molecule has 2 N–H and O–H groups in total. The minimum atomic E-state index is 0.00533. The first-order valence-corrected chi connectivity index (χ1v) is 4.62. The number of aliphatic hydroxyl groups excluding tert-OH is 1. The molecule has 0 aliphatic carbocycles. The van der Waals surface area contributed by atoms with E-state index in [0.717, 1.165) is 19.4 Å². The maximum absolute atomic E-state index is 8.63. The van der Waals surface area contributed by atoms with Crippen molar-refractivity contribution in [1.82, 2.24) is 5.32 Å². The van der Waals surface area contributed by atoms with Gasteiger partial charge in [0.2, 0.25) is 0 Å². The molecule has 1 saturated heterocycles. The molecule has 1 aliphatic heterocycles. The Morgan fingerprint density at radius 3 is 2.92 bits per heavy atom. The predicted octanol–water partition coefficient (Wildman–Crippen LogP) is 0.526. The first-order valence-electron chi connectivity index (χ1n) is 4.62. The summed E-state index contributed by atoms with van der Waals surface area (Å²) in [6, 6.07) is 0.515. The second-order valence-corrected chi connectivity index (χ2v) is 3.98. The highest BCUT2D eigenvalue weighted by Gasteiger charge is 2.27. The highest BCUT2D eigenvalue weighted by atomic mass is 16.5. The van der Waals surface area contributed by atoms with E-state index in [1.807, 2.05) is 0 Å². The molecule has 0 aromatic rings. The Balaban J connectivity index is 2.26. The van der Waals surface area contributed by atoms with Gasteiger partial charge in [0, 0.05) is 19.2 Å². The van der Waals surface area contributed by atoms with Gasteiger partial charge in [-0.1, -0.05) is 0 Å². The maximum Gasteiger partial charge on any atom is 0.0641 e. The molecular weight excluding hydrogens is 154 g/mol. The van der Waals surface area contributed by atoms with E-state index in [2.05, 4.69) is 19.2 Å². The quantitative estimate of drug-likeness (QED) is 0.654. The first kappa shape index (κ1) is 9.96. The van der Waals surface area contributed by atoms with Gasteiger partial charge in [-0.05, 0) is 26.7 Å². The summed E-state index contributed by atoms with van der Waals surface area (Å²) in [5, 5.41) is 11.9. The minimum Gasteiger partial charge on any atom is -0.395 e. The van der Waals surface area contributed by atoms with Gasteiger partial charge in [0.05, 0.1) is 12.2 Å². The van der Waals surface area contributed by atoms with E-state index in [4.69, 9.17) is 9.84 Å². The Hall–Kier alpha value is -0.120.